The predicted molar refractivity (Wildman–Crippen MR) is 57.1 cm³/mol. The van der Waals surface area contributed by atoms with Gasteiger partial charge in [0.15, 0.2) is 4.90 Å². The Morgan fingerprint density at radius 2 is 1.88 bits per heavy atom. The minimum atomic E-state index is -3.91. The summed E-state index contributed by atoms with van der Waals surface area (Å²) in [5.74, 6) is -0.631. The van der Waals surface area contributed by atoms with E-state index in [2.05, 4.69) is 10.2 Å². The van der Waals surface area contributed by atoms with E-state index in [1.165, 1.54) is 12.1 Å². The Morgan fingerprint density at radius 1 is 1.24 bits per heavy atom. The van der Waals surface area contributed by atoms with Crippen LogP contribution in [0.2, 0.25) is 0 Å². The number of benzene rings is 1. The monoisotopic (exact) mass is 253 g/mol. The smallest absolute Gasteiger partial charge is 0.358 e. The van der Waals surface area contributed by atoms with Crippen LogP contribution in [0.4, 0.5) is 5.82 Å². The molecule has 88 valence electrons. The molecule has 2 rings (SSSR count). The molecule has 0 saturated carbocycles. The van der Waals surface area contributed by atoms with E-state index in [1.807, 2.05) is 0 Å². The van der Waals surface area contributed by atoms with E-state index in [0.29, 0.717) is 0 Å². The van der Waals surface area contributed by atoms with Gasteiger partial charge in [-0.05, 0) is 17.1 Å². The Bertz CT molecular complexity index is 648. The van der Waals surface area contributed by atoms with E-state index >= 15 is 0 Å². The van der Waals surface area contributed by atoms with E-state index in [9.17, 15) is 18.5 Å². The maximum absolute atomic E-state index is 12.1. The lowest BCUT2D eigenvalue weighted by atomic mass is 10.4. The van der Waals surface area contributed by atoms with Crippen molar-refractivity contribution < 1.29 is 13.3 Å². The molecular weight excluding hydrogens is 246 g/mol. The van der Waals surface area contributed by atoms with Gasteiger partial charge in [-0.3, -0.25) is 0 Å². The fourth-order valence-electron chi connectivity index (χ4n) is 1.32. The maximum Gasteiger partial charge on any atom is 0.361 e. The summed E-state index contributed by atoms with van der Waals surface area (Å²) in [6.45, 7) is 0. The van der Waals surface area contributed by atoms with Crippen LogP contribution in [0, 0.1) is 10.1 Å². The lowest BCUT2D eigenvalue weighted by Crippen LogP contribution is -2.03. The highest BCUT2D eigenvalue weighted by atomic mass is 32.2. The number of hydrogen-bond donors (Lipinski definition) is 1. The molecule has 2 aromatic rings. The average Bonchev–Trinajstić information content (AvgIpc) is 2.80. The minimum Gasteiger partial charge on any atom is -0.358 e. The molecule has 0 amide bonds. The largest absolute Gasteiger partial charge is 0.361 e. The predicted octanol–water partition coefficient (Wildman–Crippen LogP) is 1.15. The van der Waals surface area contributed by atoms with Gasteiger partial charge in [0.25, 0.3) is 0 Å². The third kappa shape index (κ3) is 1.89. The van der Waals surface area contributed by atoms with Crippen LogP contribution in [0.1, 0.15) is 0 Å². The second-order valence-corrected chi connectivity index (χ2v) is 5.07. The second-order valence-electron chi connectivity index (χ2n) is 3.16. The topological polar surface area (TPSA) is 106 Å². The van der Waals surface area contributed by atoms with Gasteiger partial charge < -0.3 is 10.1 Å². The number of aromatic amines is 1. The Kier molecular flexibility index (Phi) is 2.64. The molecule has 0 aliphatic carbocycles. The summed E-state index contributed by atoms with van der Waals surface area (Å²) in [6, 6.07) is 7.47. The van der Waals surface area contributed by atoms with Crippen LogP contribution in [0.5, 0.6) is 0 Å². The molecule has 7 nitrogen and oxygen atoms in total. The first-order valence-corrected chi connectivity index (χ1v) is 5.99. The van der Waals surface area contributed by atoms with Gasteiger partial charge in [0.05, 0.1) is 11.1 Å². The summed E-state index contributed by atoms with van der Waals surface area (Å²) in [7, 11) is -3.91. The quantitative estimate of drug-likeness (QED) is 0.652. The molecule has 0 saturated heterocycles. The Hall–Kier alpha value is -2.22. The molecule has 1 aromatic heterocycles. The van der Waals surface area contributed by atoms with Crippen molar-refractivity contribution in [2.24, 2.45) is 0 Å². The molecule has 0 bridgehead atoms. The van der Waals surface area contributed by atoms with Crippen molar-refractivity contribution in [2.45, 2.75) is 9.79 Å². The lowest BCUT2D eigenvalue weighted by molar-refractivity contribution is -0.392. The third-order valence-electron chi connectivity index (χ3n) is 2.11. The number of nitro groups is 1. The van der Waals surface area contributed by atoms with E-state index in [1.54, 1.807) is 18.2 Å². The highest BCUT2D eigenvalue weighted by molar-refractivity contribution is 7.91. The number of sulfone groups is 1. The van der Waals surface area contributed by atoms with Crippen molar-refractivity contribution in [2.75, 3.05) is 0 Å². The van der Waals surface area contributed by atoms with Crippen molar-refractivity contribution in [3.05, 3.63) is 46.6 Å². The highest BCUT2D eigenvalue weighted by Gasteiger charge is 2.28. The molecule has 0 radical (unpaired) electrons. The number of rotatable bonds is 3. The van der Waals surface area contributed by atoms with Gasteiger partial charge in [-0.1, -0.05) is 23.3 Å². The molecule has 8 heteroatoms. The molecule has 1 heterocycles. The summed E-state index contributed by atoms with van der Waals surface area (Å²) in [5.41, 5.74) is 0. The number of H-pyrrole nitrogens is 1. The number of aromatic nitrogens is 2. The molecular formula is C9H7N3O4S. The van der Waals surface area contributed by atoms with E-state index in [4.69, 9.17) is 0 Å². The number of hydrogen-bond acceptors (Lipinski definition) is 5. The lowest BCUT2D eigenvalue weighted by Gasteiger charge is -2.01. The van der Waals surface area contributed by atoms with Crippen LogP contribution in [0.25, 0.3) is 0 Å². The Balaban J connectivity index is 2.61. The number of nitrogens with one attached hydrogen (secondary N) is 1. The van der Waals surface area contributed by atoms with Crippen LogP contribution >= 0.6 is 0 Å². The zero-order chi connectivity index (χ0) is 12.5. The Morgan fingerprint density at radius 3 is 2.47 bits per heavy atom. The first-order valence-electron chi connectivity index (χ1n) is 4.51. The molecule has 17 heavy (non-hydrogen) atoms. The first kappa shape index (κ1) is 11.3. The normalized spacial score (nSPS) is 11.3. The van der Waals surface area contributed by atoms with Crippen LogP contribution < -0.4 is 0 Å². The summed E-state index contributed by atoms with van der Waals surface area (Å²) in [5, 5.41) is 16.1. The molecule has 0 atom stereocenters. The third-order valence-corrected chi connectivity index (χ3v) is 3.88. The van der Waals surface area contributed by atoms with Crippen molar-refractivity contribution in [3.8, 4) is 0 Å². The van der Waals surface area contributed by atoms with Crippen molar-refractivity contribution in [3.63, 3.8) is 0 Å². The maximum atomic E-state index is 12.1. The van der Waals surface area contributed by atoms with Gasteiger partial charge in [-0.15, -0.1) is 5.10 Å². The summed E-state index contributed by atoms with van der Waals surface area (Å²) in [6.07, 6.45) is 0.931. The van der Waals surface area contributed by atoms with Crippen LogP contribution in [0.15, 0.2) is 46.3 Å². The fourth-order valence-corrected chi connectivity index (χ4v) is 2.66. The Labute approximate surface area is 96.2 Å². The summed E-state index contributed by atoms with van der Waals surface area (Å²) in [4.78, 5) is 9.37. The molecule has 0 spiro atoms. The van der Waals surface area contributed by atoms with Crippen LogP contribution in [0.3, 0.4) is 0 Å². The second kappa shape index (κ2) is 3.98. The molecule has 1 N–H and O–H groups in total. The zero-order valence-corrected chi connectivity index (χ0v) is 9.22. The molecule has 0 unspecified atom stereocenters. The number of nitrogens with zero attached hydrogens (tertiary/aromatic N) is 2. The van der Waals surface area contributed by atoms with Crippen molar-refractivity contribution in [1.29, 1.82) is 0 Å². The van der Waals surface area contributed by atoms with Crippen molar-refractivity contribution in [1.82, 2.24) is 10.2 Å². The molecule has 1 aromatic carbocycles. The van der Waals surface area contributed by atoms with Crippen LogP contribution in [-0.2, 0) is 9.84 Å². The summed E-state index contributed by atoms with van der Waals surface area (Å²) >= 11 is 0. The van der Waals surface area contributed by atoms with E-state index in [-0.39, 0.29) is 4.90 Å². The van der Waals surface area contributed by atoms with Crippen molar-refractivity contribution >= 4 is 15.7 Å². The standard InChI is InChI=1S/C9H7N3O4S/c13-12(14)9-8(6-10-11-9)17(15,16)7-4-2-1-3-5-7/h1-6H,(H,10,11). The van der Waals surface area contributed by atoms with Gasteiger partial charge in [0.2, 0.25) is 9.84 Å². The highest BCUT2D eigenvalue weighted by Crippen LogP contribution is 2.26. The average molecular weight is 253 g/mol. The summed E-state index contributed by atoms with van der Waals surface area (Å²) < 4.78 is 24.1. The molecule has 0 aliphatic rings. The van der Waals surface area contributed by atoms with E-state index < -0.39 is 25.5 Å². The van der Waals surface area contributed by atoms with E-state index in [0.717, 1.165) is 6.20 Å². The van der Waals surface area contributed by atoms with Gasteiger partial charge in [-0.25, -0.2) is 8.42 Å². The van der Waals surface area contributed by atoms with Gasteiger partial charge in [-0.2, -0.15) is 0 Å². The minimum absolute atomic E-state index is 0.00972. The zero-order valence-electron chi connectivity index (χ0n) is 8.40. The SMILES string of the molecule is O=[N+]([O-])c1[nH]ncc1S(=O)(=O)c1ccccc1. The van der Waals surface area contributed by atoms with Crippen LogP contribution in [-0.4, -0.2) is 23.5 Å². The molecule has 0 fully saturated rings. The van der Waals surface area contributed by atoms with Gasteiger partial charge in [0, 0.05) is 0 Å². The fraction of sp³-hybridized carbons (Fsp3) is 0. The van der Waals surface area contributed by atoms with Gasteiger partial charge in [0.1, 0.15) is 0 Å². The molecule has 0 aliphatic heterocycles. The first-order chi connectivity index (χ1) is 8.03. The van der Waals surface area contributed by atoms with Gasteiger partial charge >= 0.3 is 5.82 Å².